The molecule has 0 bridgehead atoms. The minimum atomic E-state index is 0.470. The van der Waals surface area contributed by atoms with Crippen molar-refractivity contribution in [1.29, 1.82) is 0 Å². The fourth-order valence-electron chi connectivity index (χ4n) is 2.73. The summed E-state index contributed by atoms with van der Waals surface area (Å²) in [7, 11) is 1.71. The Morgan fingerprint density at radius 1 is 1.17 bits per heavy atom. The molecule has 1 aromatic carbocycles. The number of ether oxygens (including phenoxy) is 1. The minimum Gasteiger partial charge on any atom is -0.496 e. The van der Waals surface area contributed by atoms with Gasteiger partial charge in [0.15, 0.2) is 0 Å². The lowest BCUT2D eigenvalue weighted by molar-refractivity contribution is 0.411. The number of alkyl halides is 1. The monoisotopic (exact) mass is 374 g/mol. The van der Waals surface area contributed by atoms with Crippen LogP contribution in [0, 0.1) is 5.92 Å². The van der Waals surface area contributed by atoms with E-state index in [1.807, 2.05) is 6.07 Å². The Bertz CT molecular complexity index is 384. The molecule has 0 aliphatic heterocycles. The first-order valence-electron chi connectivity index (χ1n) is 6.70. The van der Waals surface area contributed by atoms with Crippen LogP contribution in [0.3, 0.4) is 0 Å². The molecule has 0 radical (unpaired) electrons. The van der Waals surface area contributed by atoms with Crippen LogP contribution in [0.5, 0.6) is 5.75 Å². The highest BCUT2D eigenvalue weighted by Gasteiger charge is 2.22. The topological polar surface area (TPSA) is 9.23 Å². The van der Waals surface area contributed by atoms with Gasteiger partial charge in [0.05, 0.1) is 11.6 Å². The predicted molar refractivity (Wildman–Crippen MR) is 83.6 cm³/mol. The van der Waals surface area contributed by atoms with Crippen molar-refractivity contribution in [3.8, 4) is 5.75 Å². The largest absolute Gasteiger partial charge is 0.496 e. The summed E-state index contributed by atoms with van der Waals surface area (Å²) in [5.41, 5.74) is 1.36. The van der Waals surface area contributed by atoms with Crippen LogP contribution in [0.15, 0.2) is 22.7 Å². The quantitative estimate of drug-likeness (QED) is 0.474. The molecular formula is C15H20Br2O. The normalized spacial score (nSPS) is 19.3. The van der Waals surface area contributed by atoms with Crippen LogP contribution in [0.4, 0.5) is 0 Å². The van der Waals surface area contributed by atoms with Crippen LogP contribution in [0.1, 0.15) is 48.9 Å². The molecule has 1 aromatic rings. The smallest absolute Gasteiger partial charge is 0.133 e. The molecular weight excluding hydrogens is 356 g/mol. The molecule has 1 unspecified atom stereocenters. The van der Waals surface area contributed by atoms with Crippen molar-refractivity contribution in [2.75, 3.05) is 7.11 Å². The van der Waals surface area contributed by atoms with Gasteiger partial charge in [0.1, 0.15) is 5.75 Å². The fourth-order valence-corrected chi connectivity index (χ4v) is 4.10. The summed E-state index contributed by atoms with van der Waals surface area (Å²) in [6, 6.07) is 6.40. The molecule has 2 rings (SSSR count). The van der Waals surface area contributed by atoms with E-state index in [1.54, 1.807) is 7.11 Å². The van der Waals surface area contributed by atoms with Crippen molar-refractivity contribution < 1.29 is 4.74 Å². The lowest BCUT2D eigenvalue weighted by Crippen LogP contribution is -2.07. The minimum absolute atomic E-state index is 0.470. The third-order valence-electron chi connectivity index (χ3n) is 3.81. The Morgan fingerprint density at radius 2 is 1.83 bits per heavy atom. The Balaban J connectivity index is 2.11. The highest BCUT2D eigenvalue weighted by Crippen LogP contribution is 2.41. The van der Waals surface area contributed by atoms with Gasteiger partial charge in [0.2, 0.25) is 0 Å². The zero-order valence-corrected chi connectivity index (χ0v) is 14.0. The standard InChI is InChI=1S/C15H20Br2O/c1-18-14-9-8-12(10-13(14)16)15(17)11-6-4-2-3-5-7-11/h8-11,15H,2-7H2,1H3. The highest BCUT2D eigenvalue weighted by molar-refractivity contribution is 9.10. The SMILES string of the molecule is COc1ccc(C(Br)C2CCCCCC2)cc1Br. The van der Waals surface area contributed by atoms with Gasteiger partial charge in [-0.2, -0.15) is 0 Å². The van der Waals surface area contributed by atoms with E-state index in [0.717, 1.165) is 16.1 Å². The number of benzene rings is 1. The molecule has 0 heterocycles. The second-order valence-electron chi connectivity index (χ2n) is 5.05. The first kappa shape index (κ1) is 14.4. The molecule has 0 spiro atoms. The molecule has 1 saturated carbocycles. The third-order valence-corrected chi connectivity index (χ3v) is 5.70. The summed E-state index contributed by atoms with van der Waals surface area (Å²) < 4.78 is 6.33. The van der Waals surface area contributed by atoms with E-state index < -0.39 is 0 Å². The lowest BCUT2D eigenvalue weighted by Gasteiger charge is -2.21. The van der Waals surface area contributed by atoms with Crippen molar-refractivity contribution in [2.45, 2.75) is 43.4 Å². The summed E-state index contributed by atoms with van der Waals surface area (Å²) in [5, 5.41) is 0. The molecule has 1 fully saturated rings. The van der Waals surface area contributed by atoms with Gasteiger partial charge >= 0.3 is 0 Å². The molecule has 0 aromatic heterocycles. The van der Waals surface area contributed by atoms with Crippen LogP contribution < -0.4 is 4.74 Å². The van der Waals surface area contributed by atoms with E-state index in [4.69, 9.17) is 4.74 Å². The van der Waals surface area contributed by atoms with Crippen molar-refractivity contribution in [1.82, 2.24) is 0 Å². The Hall–Kier alpha value is -0.0200. The van der Waals surface area contributed by atoms with E-state index in [9.17, 15) is 0 Å². The van der Waals surface area contributed by atoms with Crippen LogP contribution >= 0.6 is 31.9 Å². The molecule has 100 valence electrons. The highest BCUT2D eigenvalue weighted by atomic mass is 79.9. The van der Waals surface area contributed by atoms with E-state index in [-0.39, 0.29) is 0 Å². The van der Waals surface area contributed by atoms with Gasteiger partial charge in [-0.1, -0.05) is 47.7 Å². The maximum absolute atomic E-state index is 5.28. The first-order valence-corrected chi connectivity index (χ1v) is 8.40. The maximum atomic E-state index is 5.28. The molecule has 0 saturated heterocycles. The molecule has 1 atom stereocenters. The summed E-state index contributed by atoms with van der Waals surface area (Å²) in [6.07, 6.45) is 8.26. The molecule has 1 aliphatic rings. The predicted octanol–water partition coefficient (Wildman–Crippen LogP) is 5.86. The number of hydrogen-bond donors (Lipinski definition) is 0. The number of halogens is 2. The average molecular weight is 376 g/mol. The molecule has 3 heteroatoms. The van der Waals surface area contributed by atoms with Crippen LogP contribution in [-0.4, -0.2) is 7.11 Å². The van der Waals surface area contributed by atoms with E-state index >= 15 is 0 Å². The zero-order valence-electron chi connectivity index (χ0n) is 10.8. The van der Waals surface area contributed by atoms with Gasteiger partial charge in [-0.3, -0.25) is 0 Å². The second-order valence-corrected chi connectivity index (χ2v) is 6.89. The summed E-state index contributed by atoms with van der Waals surface area (Å²) in [6.45, 7) is 0. The summed E-state index contributed by atoms with van der Waals surface area (Å²) >= 11 is 7.47. The second kappa shape index (κ2) is 6.95. The number of methoxy groups -OCH3 is 1. The Kier molecular flexibility index (Phi) is 5.56. The maximum Gasteiger partial charge on any atom is 0.133 e. The molecule has 1 aliphatic carbocycles. The Labute approximate surface area is 127 Å². The zero-order chi connectivity index (χ0) is 13.0. The molecule has 0 N–H and O–H groups in total. The van der Waals surface area contributed by atoms with Crippen LogP contribution in [0.2, 0.25) is 0 Å². The van der Waals surface area contributed by atoms with E-state index in [2.05, 4.69) is 44.0 Å². The van der Waals surface area contributed by atoms with Gasteiger partial charge in [0.25, 0.3) is 0 Å². The molecule has 0 amide bonds. The van der Waals surface area contributed by atoms with Gasteiger partial charge in [0, 0.05) is 4.83 Å². The van der Waals surface area contributed by atoms with Crippen molar-refractivity contribution >= 4 is 31.9 Å². The van der Waals surface area contributed by atoms with Gasteiger partial charge in [-0.05, 0) is 52.4 Å². The number of rotatable bonds is 3. The fraction of sp³-hybridized carbons (Fsp3) is 0.600. The van der Waals surface area contributed by atoms with Gasteiger partial charge in [-0.25, -0.2) is 0 Å². The van der Waals surface area contributed by atoms with E-state index in [1.165, 1.54) is 44.1 Å². The van der Waals surface area contributed by atoms with Crippen molar-refractivity contribution in [3.63, 3.8) is 0 Å². The van der Waals surface area contributed by atoms with Gasteiger partial charge < -0.3 is 4.74 Å². The van der Waals surface area contributed by atoms with E-state index in [0.29, 0.717) is 4.83 Å². The van der Waals surface area contributed by atoms with Crippen molar-refractivity contribution in [2.24, 2.45) is 5.92 Å². The van der Waals surface area contributed by atoms with Crippen LogP contribution in [0.25, 0.3) is 0 Å². The van der Waals surface area contributed by atoms with Gasteiger partial charge in [-0.15, -0.1) is 0 Å². The summed E-state index contributed by atoms with van der Waals surface area (Å²) in [4.78, 5) is 0.470. The summed E-state index contributed by atoms with van der Waals surface area (Å²) in [5.74, 6) is 1.67. The third kappa shape index (κ3) is 3.51. The number of hydrogen-bond acceptors (Lipinski definition) is 1. The van der Waals surface area contributed by atoms with Crippen LogP contribution in [-0.2, 0) is 0 Å². The Morgan fingerprint density at radius 3 is 2.39 bits per heavy atom. The van der Waals surface area contributed by atoms with Crippen molar-refractivity contribution in [3.05, 3.63) is 28.2 Å². The first-order chi connectivity index (χ1) is 8.72. The molecule has 1 nitrogen and oxygen atoms in total. The lowest BCUT2D eigenvalue weighted by atomic mass is 9.92. The average Bonchev–Trinajstić information content (AvgIpc) is 2.66. The molecule has 18 heavy (non-hydrogen) atoms.